The summed E-state index contributed by atoms with van der Waals surface area (Å²) in [5.74, 6) is 0.380. The van der Waals surface area contributed by atoms with Crippen molar-refractivity contribution >= 4 is 33.4 Å². The predicted octanol–water partition coefficient (Wildman–Crippen LogP) is 4.61. The molecule has 31 heavy (non-hydrogen) atoms. The maximum atomic E-state index is 13.0. The van der Waals surface area contributed by atoms with Crippen LogP contribution in [0.4, 0.5) is 5.82 Å². The molecular formula is C25H21N5O. The summed E-state index contributed by atoms with van der Waals surface area (Å²) in [5.41, 5.74) is 12.1. The van der Waals surface area contributed by atoms with Crippen molar-refractivity contribution < 1.29 is 4.79 Å². The van der Waals surface area contributed by atoms with Crippen molar-refractivity contribution in [2.45, 2.75) is 13.8 Å². The first-order chi connectivity index (χ1) is 14.9. The Balaban J connectivity index is 1.58. The van der Waals surface area contributed by atoms with Crippen molar-refractivity contribution in [3.05, 3.63) is 83.6 Å². The monoisotopic (exact) mass is 407 g/mol. The van der Waals surface area contributed by atoms with E-state index in [4.69, 9.17) is 5.73 Å². The number of carbonyl (C=O) groups is 1. The lowest BCUT2D eigenvalue weighted by Gasteiger charge is -2.07. The van der Waals surface area contributed by atoms with Gasteiger partial charge in [0.15, 0.2) is 0 Å². The van der Waals surface area contributed by atoms with Crippen molar-refractivity contribution in [1.29, 1.82) is 0 Å². The fourth-order valence-corrected chi connectivity index (χ4v) is 4.14. The lowest BCUT2D eigenvalue weighted by Crippen LogP contribution is -2.04. The number of aromatic nitrogens is 4. The molecule has 152 valence electrons. The Bertz CT molecular complexity index is 1480. The number of hydrogen-bond donors (Lipinski definition) is 1. The van der Waals surface area contributed by atoms with Crippen molar-refractivity contribution in [1.82, 2.24) is 19.5 Å². The van der Waals surface area contributed by atoms with Gasteiger partial charge in [-0.1, -0.05) is 29.3 Å². The number of carbonyl (C=O) groups excluding carboxylic acids is 1. The highest BCUT2D eigenvalue weighted by Crippen LogP contribution is 2.33. The minimum absolute atomic E-state index is 0.0725. The average molecular weight is 407 g/mol. The molecule has 0 radical (unpaired) electrons. The van der Waals surface area contributed by atoms with E-state index in [0.29, 0.717) is 17.1 Å². The molecule has 0 aliphatic heterocycles. The van der Waals surface area contributed by atoms with Crippen LogP contribution in [0.3, 0.4) is 0 Å². The summed E-state index contributed by atoms with van der Waals surface area (Å²) in [4.78, 5) is 25.9. The highest BCUT2D eigenvalue weighted by atomic mass is 16.1. The summed E-state index contributed by atoms with van der Waals surface area (Å²) in [6.07, 6.45) is 5.22. The van der Waals surface area contributed by atoms with Gasteiger partial charge in [-0.05, 0) is 49.1 Å². The number of pyridine rings is 1. The third-order valence-electron chi connectivity index (χ3n) is 5.53. The topological polar surface area (TPSA) is 86.7 Å². The van der Waals surface area contributed by atoms with Gasteiger partial charge in [0.1, 0.15) is 23.5 Å². The Morgan fingerprint density at radius 2 is 1.71 bits per heavy atom. The maximum Gasteiger partial charge on any atom is 0.211 e. The molecule has 0 aliphatic carbocycles. The Morgan fingerprint density at radius 1 is 0.935 bits per heavy atom. The quantitative estimate of drug-likeness (QED) is 0.441. The van der Waals surface area contributed by atoms with Crippen molar-refractivity contribution in [2.75, 3.05) is 5.73 Å². The Kier molecular flexibility index (Phi) is 4.29. The molecule has 3 aromatic heterocycles. The molecule has 5 aromatic rings. The third kappa shape index (κ3) is 3.22. The van der Waals surface area contributed by atoms with E-state index in [2.05, 4.69) is 27.1 Å². The highest BCUT2D eigenvalue weighted by molar-refractivity contribution is 6.09. The summed E-state index contributed by atoms with van der Waals surface area (Å²) < 4.78 is 1.94. The first kappa shape index (κ1) is 18.9. The number of rotatable bonds is 3. The molecule has 0 amide bonds. The van der Waals surface area contributed by atoms with Gasteiger partial charge in [-0.2, -0.15) is 0 Å². The number of nitrogen functional groups attached to an aromatic ring is 1. The average Bonchev–Trinajstić information content (AvgIpc) is 3.10. The van der Waals surface area contributed by atoms with E-state index in [0.717, 1.165) is 44.1 Å². The predicted molar refractivity (Wildman–Crippen MR) is 123 cm³/mol. The fourth-order valence-electron chi connectivity index (χ4n) is 4.14. The van der Waals surface area contributed by atoms with Gasteiger partial charge in [0.2, 0.25) is 5.78 Å². The summed E-state index contributed by atoms with van der Waals surface area (Å²) in [6, 6.07) is 13.8. The molecule has 0 spiro atoms. The molecule has 0 unspecified atom stereocenters. The largest absolute Gasteiger partial charge is 0.383 e. The molecule has 0 saturated heterocycles. The SMILES string of the molecule is Cc1cc(C)cc(C(=O)c2cc3ccc(-c4cn(C)c5ncnc(N)c45)cc3cn2)c1. The van der Waals surface area contributed by atoms with Crippen molar-refractivity contribution in [3.8, 4) is 11.1 Å². The highest BCUT2D eigenvalue weighted by Gasteiger charge is 2.15. The lowest BCUT2D eigenvalue weighted by atomic mass is 9.99. The second-order valence-electron chi connectivity index (χ2n) is 7.95. The molecule has 5 rings (SSSR count). The van der Waals surface area contributed by atoms with Crippen molar-refractivity contribution in [3.63, 3.8) is 0 Å². The van der Waals surface area contributed by atoms with Crippen LogP contribution in [0, 0.1) is 13.8 Å². The summed E-state index contributed by atoms with van der Waals surface area (Å²) >= 11 is 0. The van der Waals surface area contributed by atoms with Crippen LogP contribution in [0.15, 0.2) is 61.2 Å². The molecule has 0 fully saturated rings. The van der Waals surface area contributed by atoms with Gasteiger partial charge < -0.3 is 10.3 Å². The molecule has 3 heterocycles. The molecule has 0 bridgehead atoms. The van der Waals surface area contributed by atoms with Crippen LogP contribution < -0.4 is 5.73 Å². The Morgan fingerprint density at radius 3 is 2.48 bits per heavy atom. The van der Waals surface area contributed by atoms with E-state index in [1.54, 1.807) is 6.20 Å². The summed E-state index contributed by atoms with van der Waals surface area (Å²) in [5, 5.41) is 2.73. The summed E-state index contributed by atoms with van der Waals surface area (Å²) in [6.45, 7) is 3.98. The molecule has 0 saturated carbocycles. The number of fused-ring (bicyclic) bond motifs is 2. The van der Waals surface area contributed by atoms with Crippen LogP contribution in [-0.2, 0) is 7.05 Å². The van der Waals surface area contributed by atoms with E-state index < -0.39 is 0 Å². The minimum Gasteiger partial charge on any atom is -0.383 e. The van der Waals surface area contributed by atoms with Crippen LogP contribution in [-0.4, -0.2) is 25.3 Å². The second-order valence-corrected chi connectivity index (χ2v) is 7.95. The number of nitrogens with two attached hydrogens (primary N) is 1. The second kappa shape index (κ2) is 7.02. The van der Waals surface area contributed by atoms with Crippen LogP contribution in [0.1, 0.15) is 27.2 Å². The molecule has 6 heteroatoms. The lowest BCUT2D eigenvalue weighted by molar-refractivity contribution is 0.103. The van der Waals surface area contributed by atoms with Crippen LogP contribution in [0.2, 0.25) is 0 Å². The van der Waals surface area contributed by atoms with Crippen LogP contribution in [0.25, 0.3) is 32.9 Å². The number of nitrogens with zero attached hydrogens (tertiary/aromatic N) is 4. The minimum atomic E-state index is -0.0725. The van der Waals surface area contributed by atoms with Gasteiger partial charge in [0, 0.05) is 36.0 Å². The van der Waals surface area contributed by atoms with E-state index in [1.807, 2.05) is 62.0 Å². The van der Waals surface area contributed by atoms with Gasteiger partial charge in [-0.3, -0.25) is 9.78 Å². The fraction of sp³-hybridized carbons (Fsp3) is 0.120. The standard InChI is InChI=1S/C25H21N5O/c1-14-6-15(2)8-18(7-14)23(31)21-10-16-4-5-17(9-19(16)11-27-21)20-12-30(3)25-22(20)24(26)28-13-29-25/h4-13H,1-3H3,(H2,26,28,29). The van der Waals surface area contributed by atoms with Crippen LogP contribution in [0.5, 0.6) is 0 Å². The molecule has 2 aromatic carbocycles. The number of ketones is 1. The van der Waals surface area contributed by atoms with Gasteiger partial charge in [0.05, 0.1) is 5.39 Å². The third-order valence-corrected chi connectivity index (χ3v) is 5.53. The Hall–Kier alpha value is -4.06. The van der Waals surface area contributed by atoms with E-state index in [1.165, 1.54) is 6.33 Å². The number of benzene rings is 2. The number of aryl methyl sites for hydroxylation is 3. The molecule has 2 N–H and O–H groups in total. The summed E-state index contributed by atoms with van der Waals surface area (Å²) in [7, 11) is 1.94. The van der Waals surface area contributed by atoms with Gasteiger partial charge in [-0.25, -0.2) is 9.97 Å². The first-order valence-corrected chi connectivity index (χ1v) is 9.99. The molecular weight excluding hydrogens is 386 g/mol. The number of hydrogen-bond acceptors (Lipinski definition) is 5. The smallest absolute Gasteiger partial charge is 0.211 e. The van der Waals surface area contributed by atoms with E-state index in [-0.39, 0.29) is 5.78 Å². The zero-order valence-electron chi connectivity index (χ0n) is 17.5. The van der Waals surface area contributed by atoms with E-state index >= 15 is 0 Å². The Labute approximate surface area is 179 Å². The molecule has 0 aliphatic rings. The van der Waals surface area contributed by atoms with Gasteiger partial charge in [-0.15, -0.1) is 0 Å². The zero-order chi connectivity index (χ0) is 21.7. The van der Waals surface area contributed by atoms with Crippen molar-refractivity contribution in [2.24, 2.45) is 7.05 Å². The molecule has 6 nitrogen and oxygen atoms in total. The first-order valence-electron chi connectivity index (χ1n) is 9.99. The van der Waals surface area contributed by atoms with Gasteiger partial charge >= 0.3 is 0 Å². The normalized spacial score (nSPS) is 11.3. The number of anilines is 1. The zero-order valence-corrected chi connectivity index (χ0v) is 17.5. The van der Waals surface area contributed by atoms with Gasteiger partial charge in [0.25, 0.3) is 0 Å². The van der Waals surface area contributed by atoms with Crippen LogP contribution >= 0.6 is 0 Å². The molecule has 0 atom stereocenters. The maximum absolute atomic E-state index is 13.0. The van der Waals surface area contributed by atoms with E-state index in [9.17, 15) is 4.79 Å².